The van der Waals surface area contributed by atoms with E-state index in [0.717, 1.165) is 43.0 Å². The Morgan fingerprint density at radius 3 is 2.46 bits per heavy atom. The first-order valence-corrected chi connectivity index (χ1v) is 11.1. The number of hydrogen-bond donors (Lipinski definition) is 3. The molecule has 2 saturated heterocycles. The Kier molecular flexibility index (Phi) is 6.73. The van der Waals surface area contributed by atoms with E-state index < -0.39 is 15.3 Å². The average Bonchev–Trinajstić information content (AvgIpc) is 3.36. The van der Waals surface area contributed by atoms with Crippen LogP contribution in [0.25, 0.3) is 0 Å². The van der Waals surface area contributed by atoms with Crippen molar-refractivity contribution in [3.8, 4) is 11.5 Å². The zero-order chi connectivity index (χ0) is 19.0. The zero-order valence-corrected chi connectivity index (χ0v) is 17.8. The number of fused-ring (bicyclic) bond motifs is 1. The lowest BCUT2D eigenvalue weighted by molar-refractivity contribution is 0.173. The lowest BCUT2D eigenvalue weighted by Crippen LogP contribution is -2.47. The van der Waals surface area contributed by atoms with Gasteiger partial charge in [-0.2, -0.15) is 0 Å². The van der Waals surface area contributed by atoms with Gasteiger partial charge in [0.1, 0.15) is 5.25 Å². The molecule has 8 nitrogen and oxygen atoms in total. The van der Waals surface area contributed by atoms with Crippen LogP contribution in [0.1, 0.15) is 38.3 Å². The summed E-state index contributed by atoms with van der Waals surface area (Å²) in [6, 6.07) is 5.58. The molecule has 3 aliphatic heterocycles. The van der Waals surface area contributed by atoms with Gasteiger partial charge < -0.3 is 9.47 Å². The lowest BCUT2D eigenvalue weighted by Gasteiger charge is -2.29. The van der Waals surface area contributed by atoms with Gasteiger partial charge in [-0.3, -0.25) is 15.8 Å². The third-order valence-electron chi connectivity index (χ3n) is 5.72. The van der Waals surface area contributed by atoms with Crippen LogP contribution in [0.15, 0.2) is 18.2 Å². The molecule has 2 fully saturated rings. The summed E-state index contributed by atoms with van der Waals surface area (Å²) in [7, 11) is -3.46. The van der Waals surface area contributed by atoms with Gasteiger partial charge in [0.05, 0.1) is 0 Å². The van der Waals surface area contributed by atoms with Crippen molar-refractivity contribution < 1.29 is 17.9 Å². The molecule has 3 atom stereocenters. The van der Waals surface area contributed by atoms with Crippen molar-refractivity contribution in [2.24, 2.45) is 0 Å². The molecule has 0 radical (unpaired) electrons. The summed E-state index contributed by atoms with van der Waals surface area (Å²) < 4.78 is 39.7. The van der Waals surface area contributed by atoms with E-state index in [4.69, 9.17) is 9.47 Å². The highest BCUT2D eigenvalue weighted by molar-refractivity contribution is 7.90. The van der Waals surface area contributed by atoms with Crippen LogP contribution in [0.5, 0.6) is 11.5 Å². The van der Waals surface area contributed by atoms with Gasteiger partial charge in [0.2, 0.25) is 16.8 Å². The second-order valence-electron chi connectivity index (χ2n) is 7.60. The largest absolute Gasteiger partial charge is 0.454 e. The minimum Gasteiger partial charge on any atom is -0.454 e. The van der Waals surface area contributed by atoms with Crippen molar-refractivity contribution in [2.75, 3.05) is 26.4 Å². The van der Waals surface area contributed by atoms with Gasteiger partial charge in [-0.25, -0.2) is 13.1 Å². The fourth-order valence-corrected chi connectivity index (χ4v) is 6.11. The fraction of sp³-hybridized carbons (Fsp3) is 0.667. The summed E-state index contributed by atoms with van der Waals surface area (Å²) >= 11 is 0. The normalized spacial score (nSPS) is 28.3. The molecular weight excluding hydrogens is 404 g/mol. The molecule has 0 bridgehead atoms. The molecule has 3 unspecified atom stereocenters. The van der Waals surface area contributed by atoms with Gasteiger partial charge in [0.15, 0.2) is 11.5 Å². The third-order valence-corrected chi connectivity index (χ3v) is 7.83. The van der Waals surface area contributed by atoms with Gasteiger partial charge in [-0.05, 0) is 57.5 Å². The number of nitrogens with zero attached hydrogens (tertiary/aromatic N) is 1. The second kappa shape index (κ2) is 8.73. The van der Waals surface area contributed by atoms with E-state index in [1.54, 1.807) is 0 Å². The number of likely N-dealkylation sites (tertiary alicyclic amines) is 1. The number of halogens is 1. The van der Waals surface area contributed by atoms with Crippen LogP contribution in [0, 0.1) is 0 Å². The second-order valence-corrected chi connectivity index (χ2v) is 9.52. The molecule has 1 aromatic rings. The minimum absolute atomic E-state index is 0. The SMILES string of the molecule is CC1NNC(C)C1S(=O)(=O)NCC(c1ccc2c(c1)OCO2)N1CCCC1.Cl. The molecule has 158 valence electrons. The number of rotatable bonds is 6. The summed E-state index contributed by atoms with van der Waals surface area (Å²) in [5, 5.41) is -0.506. The summed E-state index contributed by atoms with van der Waals surface area (Å²) in [5.41, 5.74) is 7.08. The van der Waals surface area contributed by atoms with Crippen molar-refractivity contribution in [1.82, 2.24) is 20.5 Å². The number of sulfonamides is 1. The van der Waals surface area contributed by atoms with Crippen molar-refractivity contribution in [1.29, 1.82) is 0 Å². The average molecular weight is 433 g/mol. The van der Waals surface area contributed by atoms with Crippen LogP contribution in [0.3, 0.4) is 0 Å². The predicted molar refractivity (Wildman–Crippen MR) is 109 cm³/mol. The van der Waals surface area contributed by atoms with E-state index in [1.165, 1.54) is 0 Å². The van der Waals surface area contributed by atoms with E-state index in [-0.39, 0.29) is 37.3 Å². The molecule has 10 heteroatoms. The number of ether oxygens (including phenoxy) is 2. The number of nitrogens with one attached hydrogen (secondary N) is 3. The number of hydrogen-bond acceptors (Lipinski definition) is 7. The van der Waals surface area contributed by atoms with E-state index in [2.05, 4.69) is 20.5 Å². The molecule has 0 aliphatic carbocycles. The molecule has 4 rings (SSSR count). The lowest BCUT2D eigenvalue weighted by atomic mass is 10.1. The molecule has 28 heavy (non-hydrogen) atoms. The predicted octanol–water partition coefficient (Wildman–Crippen LogP) is 1.15. The van der Waals surface area contributed by atoms with Crippen LogP contribution < -0.4 is 25.0 Å². The molecule has 3 heterocycles. The van der Waals surface area contributed by atoms with Crippen LogP contribution in [-0.2, 0) is 10.0 Å². The topological polar surface area (TPSA) is 91.9 Å². The monoisotopic (exact) mass is 432 g/mol. The van der Waals surface area contributed by atoms with Crippen LogP contribution in [-0.4, -0.2) is 57.1 Å². The molecule has 0 aromatic heterocycles. The summed E-state index contributed by atoms with van der Waals surface area (Å²) in [5.74, 6) is 1.47. The Morgan fingerprint density at radius 1 is 1.14 bits per heavy atom. The molecule has 0 saturated carbocycles. The Balaban J connectivity index is 0.00000225. The van der Waals surface area contributed by atoms with Crippen molar-refractivity contribution in [3.63, 3.8) is 0 Å². The molecule has 0 amide bonds. The van der Waals surface area contributed by atoms with E-state index >= 15 is 0 Å². The number of benzene rings is 1. The van der Waals surface area contributed by atoms with E-state index in [0.29, 0.717) is 6.54 Å². The Hall–Kier alpha value is -1.10. The third kappa shape index (κ3) is 4.24. The first-order valence-electron chi connectivity index (χ1n) is 9.59. The van der Waals surface area contributed by atoms with Crippen molar-refractivity contribution in [2.45, 2.75) is 50.1 Å². The highest BCUT2D eigenvalue weighted by Crippen LogP contribution is 2.36. The van der Waals surface area contributed by atoms with Gasteiger partial charge in [-0.1, -0.05) is 6.07 Å². The molecule has 3 aliphatic rings. The van der Waals surface area contributed by atoms with E-state index in [9.17, 15) is 8.42 Å². The molecule has 1 aromatic carbocycles. The van der Waals surface area contributed by atoms with Crippen LogP contribution >= 0.6 is 12.4 Å². The first-order chi connectivity index (χ1) is 13.0. The quantitative estimate of drug-likeness (QED) is 0.621. The highest BCUT2D eigenvalue weighted by Gasteiger charge is 2.40. The van der Waals surface area contributed by atoms with Crippen molar-refractivity contribution in [3.05, 3.63) is 23.8 Å². The Morgan fingerprint density at radius 2 is 1.79 bits per heavy atom. The van der Waals surface area contributed by atoms with Gasteiger partial charge >= 0.3 is 0 Å². The van der Waals surface area contributed by atoms with Gasteiger partial charge in [-0.15, -0.1) is 12.4 Å². The summed E-state index contributed by atoms with van der Waals surface area (Å²) in [4.78, 5) is 2.35. The maximum absolute atomic E-state index is 12.9. The highest BCUT2D eigenvalue weighted by atomic mass is 35.5. The minimum atomic E-state index is -3.46. The Bertz CT molecular complexity index is 778. The molecular formula is C18H29ClN4O4S. The van der Waals surface area contributed by atoms with Crippen molar-refractivity contribution >= 4 is 22.4 Å². The van der Waals surface area contributed by atoms with Crippen LogP contribution in [0.4, 0.5) is 0 Å². The maximum atomic E-state index is 12.9. The first kappa shape index (κ1) is 21.6. The summed E-state index contributed by atoms with van der Waals surface area (Å²) in [6.07, 6.45) is 2.27. The fourth-order valence-electron chi connectivity index (χ4n) is 4.32. The van der Waals surface area contributed by atoms with Crippen LogP contribution in [0.2, 0.25) is 0 Å². The van der Waals surface area contributed by atoms with E-state index in [1.807, 2.05) is 32.0 Å². The van der Waals surface area contributed by atoms with Gasteiger partial charge in [0, 0.05) is 24.7 Å². The van der Waals surface area contributed by atoms with Gasteiger partial charge in [0.25, 0.3) is 0 Å². The standard InChI is InChI=1S/C18H28N4O4S.ClH/c1-12-18(13(2)21-20-12)27(23,24)19-10-15(22-7-3-4-8-22)14-5-6-16-17(9-14)26-11-25-16;/h5-6,9,12-13,15,18-21H,3-4,7-8,10-11H2,1-2H3;1H. The number of hydrazine groups is 1. The maximum Gasteiger partial charge on any atom is 0.231 e. The molecule has 0 spiro atoms. The smallest absolute Gasteiger partial charge is 0.231 e. The zero-order valence-electron chi connectivity index (χ0n) is 16.2. The Labute approximate surface area is 172 Å². The summed E-state index contributed by atoms with van der Waals surface area (Å²) in [6.45, 7) is 6.29. The molecule has 3 N–H and O–H groups in total.